The molecule has 2 unspecified atom stereocenters. The lowest BCUT2D eigenvalue weighted by atomic mass is 10.1. The third-order valence-corrected chi connectivity index (χ3v) is 8.63. The fourth-order valence-corrected chi connectivity index (χ4v) is 5.84. The van der Waals surface area contributed by atoms with Crippen molar-refractivity contribution in [3.63, 3.8) is 0 Å². The first-order valence-corrected chi connectivity index (χ1v) is 18.0. The molecule has 0 spiro atoms. The molecule has 5 N–H and O–H groups in total. The van der Waals surface area contributed by atoms with E-state index in [1.54, 1.807) is 24.3 Å². The van der Waals surface area contributed by atoms with Crippen LogP contribution in [0, 0.1) is 43.2 Å². The van der Waals surface area contributed by atoms with E-state index in [4.69, 9.17) is 26.4 Å². The van der Waals surface area contributed by atoms with Crippen molar-refractivity contribution in [3.8, 4) is 0 Å². The zero-order valence-electron chi connectivity index (χ0n) is 27.1. The van der Waals surface area contributed by atoms with Crippen LogP contribution in [0.3, 0.4) is 0 Å². The SMILES string of the molecule is CC(O)CONC(=O)c1cc(F)c(F)c(F)c1Nc1ccc(I)cc1Cl.Cc1cc(I)ccc1Nc1c(C(=O)N(Br)OCC(C)O)ccc(F)c1F. The maximum Gasteiger partial charge on any atom is 0.290 e. The number of rotatable bonds is 12. The second-order valence-electron chi connectivity index (χ2n) is 10.8. The normalized spacial score (nSPS) is 12.0. The van der Waals surface area contributed by atoms with Crippen molar-refractivity contribution in [3.05, 3.63) is 113 Å². The summed E-state index contributed by atoms with van der Waals surface area (Å²) < 4.78 is 72.1. The molecule has 19 heteroatoms. The van der Waals surface area contributed by atoms with Crippen molar-refractivity contribution >= 4 is 107 Å². The molecule has 10 nitrogen and oxygen atoms in total. The Kier molecular flexibility index (Phi) is 16.7. The number of hydroxylamine groups is 2. The lowest BCUT2D eigenvalue weighted by molar-refractivity contribution is -0.0748. The number of aryl methyl sites for hydroxylation is 1. The van der Waals surface area contributed by atoms with Crippen molar-refractivity contribution in [1.82, 2.24) is 9.57 Å². The van der Waals surface area contributed by atoms with E-state index in [1.807, 2.05) is 41.1 Å². The Morgan fingerprint density at radius 3 is 1.98 bits per heavy atom. The summed E-state index contributed by atoms with van der Waals surface area (Å²) in [5.41, 5.74) is 1.88. The van der Waals surface area contributed by atoms with Crippen LogP contribution in [0.4, 0.5) is 44.7 Å². The topological polar surface area (TPSA) is 132 Å². The number of nitrogens with one attached hydrogen (secondary N) is 3. The fourth-order valence-electron chi connectivity index (χ4n) is 3.98. The molecular weight excluding hydrogens is 1010 g/mol. The van der Waals surface area contributed by atoms with Gasteiger partial charge in [0.15, 0.2) is 29.1 Å². The van der Waals surface area contributed by atoms with Crippen molar-refractivity contribution in [2.45, 2.75) is 33.0 Å². The summed E-state index contributed by atoms with van der Waals surface area (Å²) in [5, 5.41) is 23.8. The molecule has 2 atom stereocenters. The van der Waals surface area contributed by atoms with Gasteiger partial charge in [-0.1, -0.05) is 11.6 Å². The first-order valence-electron chi connectivity index (χ1n) is 14.7. The van der Waals surface area contributed by atoms with Gasteiger partial charge < -0.3 is 20.8 Å². The number of carbonyl (C=O) groups excluding carboxylic acids is 2. The molecule has 0 aliphatic rings. The Morgan fingerprint density at radius 1 is 0.808 bits per heavy atom. The van der Waals surface area contributed by atoms with Gasteiger partial charge in [0.2, 0.25) is 0 Å². The number of hydrogen-bond acceptors (Lipinski definition) is 8. The smallest absolute Gasteiger partial charge is 0.290 e. The predicted molar refractivity (Wildman–Crippen MR) is 205 cm³/mol. The van der Waals surface area contributed by atoms with Crippen molar-refractivity contribution in [2.75, 3.05) is 23.8 Å². The van der Waals surface area contributed by atoms with Gasteiger partial charge in [-0.05, 0) is 126 Å². The summed E-state index contributed by atoms with van der Waals surface area (Å²) in [7, 11) is 0. The molecule has 0 bridgehead atoms. The number of amides is 2. The van der Waals surface area contributed by atoms with E-state index < -0.39 is 64.4 Å². The van der Waals surface area contributed by atoms with Crippen LogP contribution in [0.25, 0.3) is 0 Å². The molecule has 280 valence electrons. The zero-order valence-corrected chi connectivity index (χ0v) is 33.8. The standard InChI is InChI=1S/C17H16BrF2IN2O3.C16H13ClF3IN2O3/c1-9-7-11(21)3-6-14(9)22-16-12(4-5-13(19)15(16)20)17(25)23(18)26-8-10(2)24;1-7(24)6-26-23-16(25)9-5-11(18)13(19)14(20)15(9)22-12-3-2-8(21)4-10(12)17/h3-7,10,22,24H,8H2,1-2H3;2-5,7,22,24H,6H2,1H3,(H,23,25). The Hall–Kier alpha value is -2.86. The Morgan fingerprint density at radius 2 is 1.38 bits per heavy atom. The van der Waals surface area contributed by atoms with E-state index in [0.717, 1.165) is 24.8 Å². The Balaban J connectivity index is 0.000000280. The minimum Gasteiger partial charge on any atom is -0.391 e. The van der Waals surface area contributed by atoms with Crippen molar-refractivity contribution in [2.24, 2.45) is 0 Å². The third-order valence-electron chi connectivity index (χ3n) is 6.45. The van der Waals surface area contributed by atoms with Gasteiger partial charge in [0.1, 0.15) is 13.2 Å². The van der Waals surface area contributed by atoms with E-state index in [1.165, 1.54) is 19.9 Å². The van der Waals surface area contributed by atoms with Gasteiger partial charge in [0.25, 0.3) is 11.8 Å². The highest BCUT2D eigenvalue weighted by Gasteiger charge is 2.25. The van der Waals surface area contributed by atoms with Crippen LogP contribution in [0.15, 0.2) is 54.6 Å². The van der Waals surface area contributed by atoms with Crippen LogP contribution >= 0.6 is 72.9 Å². The molecule has 0 saturated carbocycles. The van der Waals surface area contributed by atoms with Gasteiger partial charge in [-0.2, -0.15) is 0 Å². The van der Waals surface area contributed by atoms with Crippen LogP contribution in [0.5, 0.6) is 0 Å². The number of hydrogen-bond donors (Lipinski definition) is 5. The lowest BCUT2D eigenvalue weighted by Crippen LogP contribution is -2.28. The molecule has 0 heterocycles. The van der Waals surface area contributed by atoms with Gasteiger partial charge >= 0.3 is 0 Å². The van der Waals surface area contributed by atoms with Crippen LogP contribution < -0.4 is 16.1 Å². The number of anilines is 4. The number of halogens is 9. The minimum absolute atomic E-state index is 0.135. The molecule has 0 aliphatic carbocycles. The Labute approximate surface area is 335 Å². The van der Waals surface area contributed by atoms with Crippen LogP contribution in [0.1, 0.15) is 40.1 Å². The van der Waals surface area contributed by atoms with E-state index >= 15 is 0 Å². The van der Waals surface area contributed by atoms with E-state index in [-0.39, 0.29) is 35.2 Å². The van der Waals surface area contributed by atoms with Crippen molar-refractivity contribution < 1.29 is 51.4 Å². The molecule has 52 heavy (non-hydrogen) atoms. The molecule has 2 amide bonds. The minimum atomic E-state index is -1.74. The predicted octanol–water partition coefficient (Wildman–Crippen LogP) is 8.83. The van der Waals surface area contributed by atoms with Crippen molar-refractivity contribution in [1.29, 1.82) is 0 Å². The number of carbonyl (C=O) groups is 2. The quantitative estimate of drug-likeness (QED) is 0.0313. The summed E-state index contributed by atoms with van der Waals surface area (Å²) in [6, 6.07) is 12.6. The van der Waals surface area contributed by atoms with Gasteiger partial charge in [-0.15, -0.1) is 4.09 Å². The van der Waals surface area contributed by atoms with Crippen LogP contribution in [-0.2, 0) is 9.68 Å². The second-order valence-corrected chi connectivity index (χ2v) is 14.4. The number of aliphatic hydroxyl groups is 2. The monoisotopic (exact) mass is 1040 g/mol. The average molecular weight is 1040 g/mol. The summed E-state index contributed by atoms with van der Waals surface area (Å²) >= 11 is 13.1. The van der Waals surface area contributed by atoms with E-state index in [2.05, 4.69) is 49.4 Å². The molecule has 4 rings (SSSR count). The zero-order chi connectivity index (χ0) is 38.9. The number of aliphatic hydroxyl groups excluding tert-OH is 2. The molecule has 0 aliphatic heterocycles. The highest BCUT2D eigenvalue weighted by atomic mass is 127. The summed E-state index contributed by atoms with van der Waals surface area (Å²) in [5.74, 6) is -8.91. The van der Waals surface area contributed by atoms with Crippen LogP contribution in [0.2, 0.25) is 5.02 Å². The van der Waals surface area contributed by atoms with Gasteiger partial charge in [-0.3, -0.25) is 19.3 Å². The molecule has 4 aromatic rings. The maximum atomic E-state index is 14.4. The summed E-state index contributed by atoms with van der Waals surface area (Å²) in [4.78, 5) is 34.4. The first kappa shape index (κ1) is 43.5. The number of nitrogens with zero attached hydrogens (tertiary/aromatic N) is 1. The molecule has 0 radical (unpaired) electrons. The summed E-state index contributed by atoms with van der Waals surface area (Å²) in [6.07, 6.45) is -1.68. The largest absolute Gasteiger partial charge is 0.391 e. The van der Waals surface area contributed by atoms with E-state index in [0.29, 0.717) is 15.8 Å². The molecule has 0 aromatic heterocycles. The number of benzene rings is 4. The molecule has 0 saturated heterocycles. The average Bonchev–Trinajstić information content (AvgIpc) is 3.07. The maximum absolute atomic E-state index is 14.4. The second kappa shape index (κ2) is 20.0. The highest BCUT2D eigenvalue weighted by molar-refractivity contribution is 14.1. The van der Waals surface area contributed by atoms with E-state index in [9.17, 15) is 36.6 Å². The highest BCUT2D eigenvalue weighted by Crippen LogP contribution is 2.33. The lowest BCUT2D eigenvalue weighted by Gasteiger charge is -2.19. The third kappa shape index (κ3) is 12.1. The fraction of sp³-hybridized carbons (Fsp3) is 0.212. The molecular formula is C33H29BrClF5I2N4O6. The van der Waals surface area contributed by atoms with Crippen LogP contribution in [-0.4, -0.2) is 51.5 Å². The first-order chi connectivity index (χ1) is 24.4. The van der Waals surface area contributed by atoms with Gasteiger partial charge in [-0.25, -0.2) is 27.4 Å². The Bertz CT molecular complexity index is 1930. The van der Waals surface area contributed by atoms with Gasteiger partial charge in [0, 0.05) is 12.8 Å². The molecule has 4 aromatic carbocycles. The van der Waals surface area contributed by atoms with Gasteiger partial charge in [0.05, 0.1) is 61.6 Å². The molecule has 0 fully saturated rings. The summed E-state index contributed by atoms with van der Waals surface area (Å²) in [6.45, 7) is 4.31.